The number of ether oxygens (including phenoxy) is 2. The van der Waals surface area contributed by atoms with Gasteiger partial charge in [-0.05, 0) is 67.8 Å². The van der Waals surface area contributed by atoms with Crippen molar-refractivity contribution in [2.24, 2.45) is 14.1 Å². The lowest BCUT2D eigenvalue weighted by molar-refractivity contribution is -0.111. The number of carbonyl (C=O) groups excluding carboxylic acids is 2. The Morgan fingerprint density at radius 3 is 2.49 bits per heavy atom. The molecule has 1 aliphatic heterocycles. The molecule has 11 nitrogen and oxygen atoms in total. The normalized spacial score (nSPS) is 12.4. The van der Waals surface area contributed by atoms with E-state index in [1.165, 1.54) is 12.4 Å². The molecule has 0 atom stereocenters. The molecule has 0 spiro atoms. The molecule has 0 bridgehead atoms. The minimum Gasteiger partial charge on any atom is -0.443 e. The van der Waals surface area contributed by atoms with E-state index in [0.717, 1.165) is 33.3 Å². The lowest BCUT2D eigenvalue weighted by atomic mass is 9.95. The largest absolute Gasteiger partial charge is 0.443 e. The van der Waals surface area contributed by atoms with E-state index in [1.54, 1.807) is 21.8 Å². The van der Waals surface area contributed by atoms with Gasteiger partial charge in [0, 0.05) is 37.6 Å². The van der Waals surface area contributed by atoms with Gasteiger partial charge in [0.15, 0.2) is 5.82 Å². The quantitative estimate of drug-likeness (QED) is 0.247. The Morgan fingerprint density at radius 1 is 1.05 bits per heavy atom. The van der Waals surface area contributed by atoms with E-state index in [-0.39, 0.29) is 12.5 Å². The second-order valence-electron chi connectivity index (χ2n) is 11.3. The van der Waals surface area contributed by atoms with Crippen LogP contribution in [-0.2, 0) is 30.2 Å². The third kappa shape index (κ3) is 5.21. The molecule has 218 valence electrons. The Morgan fingerprint density at radius 2 is 1.81 bits per heavy atom. The van der Waals surface area contributed by atoms with Crippen LogP contribution in [0.2, 0.25) is 0 Å². The van der Waals surface area contributed by atoms with Crippen molar-refractivity contribution in [3.05, 3.63) is 79.3 Å². The molecule has 2 amide bonds. The van der Waals surface area contributed by atoms with Crippen LogP contribution in [0.15, 0.2) is 73.7 Å². The maximum Gasteiger partial charge on any atom is 0.416 e. The van der Waals surface area contributed by atoms with Crippen molar-refractivity contribution >= 4 is 34.5 Å². The predicted octanol–water partition coefficient (Wildman–Crippen LogP) is 6.21. The molecule has 6 rings (SSSR count). The van der Waals surface area contributed by atoms with Crippen molar-refractivity contribution in [3.63, 3.8) is 0 Å². The fourth-order valence-corrected chi connectivity index (χ4v) is 5.24. The Hall–Kier alpha value is -5.45. The van der Waals surface area contributed by atoms with Gasteiger partial charge in [-0.2, -0.15) is 0 Å². The number of rotatable bonds is 5. The molecule has 0 aliphatic carbocycles. The van der Waals surface area contributed by atoms with Gasteiger partial charge in [0.2, 0.25) is 11.8 Å². The van der Waals surface area contributed by atoms with Crippen molar-refractivity contribution in [1.82, 2.24) is 24.3 Å². The average molecular weight is 578 g/mol. The summed E-state index contributed by atoms with van der Waals surface area (Å²) < 4.78 is 15.6. The standard InChI is InChI=1S/C32H31N7O4/c1-7-24(40)35-21-10-8-19(9-11-21)28-26-23-13-12-22(42-25-14-15-37(5)36-25)16-20(23)17-39(31(41)43-32(2,3)4)30-27(26)29(38(28)6)33-18-34-30/h7-16,18H,1,17H2,2-6H3,(H,35,40). The van der Waals surface area contributed by atoms with E-state index in [0.29, 0.717) is 28.8 Å². The second-order valence-corrected chi connectivity index (χ2v) is 11.3. The highest BCUT2D eigenvalue weighted by Gasteiger charge is 2.34. The van der Waals surface area contributed by atoms with E-state index in [9.17, 15) is 9.59 Å². The van der Waals surface area contributed by atoms with Crippen molar-refractivity contribution in [1.29, 1.82) is 0 Å². The Bertz CT molecular complexity index is 1900. The van der Waals surface area contributed by atoms with Crippen molar-refractivity contribution < 1.29 is 19.1 Å². The average Bonchev–Trinajstić information content (AvgIpc) is 3.46. The zero-order valence-electron chi connectivity index (χ0n) is 24.6. The number of fused-ring (bicyclic) bond motifs is 2. The fourth-order valence-electron chi connectivity index (χ4n) is 5.24. The van der Waals surface area contributed by atoms with Crippen LogP contribution in [0.3, 0.4) is 0 Å². The van der Waals surface area contributed by atoms with Gasteiger partial charge in [0.05, 0.1) is 17.6 Å². The minimum atomic E-state index is -0.713. The number of benzene rings is 2. The topological polar surface area (TPSA) is 116 Å². The summed E-state index contributed by atoms with van der Waals surface area (Å²) in [5.74, 6) is 1.20. The van der Waals surface area contributed by atoms with Crippen LogP contribution in [0.1, 0.15) is 26.3 Å². The Balaban J connectivity index is 1.56. The SMILES string of the molecule is C=CC(=O)Nc1ccc(-c2c3c4c(ncnc4n2C)N(C(=O)OC(C)(C)C)Cc2cc(Oc4ccn(C)n4)ccc2-3)cc1. The van der Waals surface area contributed by atoms with Crippen LogP contribution in [0.25, 0.3) is 33.4 Å². The van der Waals surface area contributed by atoms with E-state index in [1.807, 2.05) is 81.9 Å². The molecule has 0 saturated heterocycles. The minimum absolute atomic E-state index is 0.195. The predicted molar refractivity (Wildman–Crippen MR) is 164 cm³/mol. The van der Waals surface area contributed by atoms with Gasteiger partial charge in [0.25, 0.3) is 0 Å². The van der Waals surface area contributed by atoms with Crippen LogP contribution < -0.4 is 15.0 Å². The van der Waals surface area contributed by atoms with E-state index in [4.69, 9.17) is 9.47 Å². The summed E-state index contributed by atoms with van der Waals surface area (Å²) in [4.78, 5) is 36.3. The van der Waals surface area contributed by atoms with E-state index < -0.39 is 11.7 Å². The van der Waals surface area contributed by atoms with Crippen LogP contribution in [0, 0.1) is 0 Å². The zero-order valence-corrected chi connectivity index (χ0v) is 24.6. The van der Waals surface area contributed by atoms with Crippen LogP contribution in [0.4, 0.5) is 16.3 Å². The summed E-state index contributed by atoms with van der Waals surface area (Å²) in [6.07, 6.45) is 3.97. The highest BCUT2D eigenvalue weighted by molar-refractivity contribution is 6.12. The summed E-state index contributed by atoms with van der Waals surface area (Å²) >= 11 is 0. The molecule has 3 aromatic heterocycles. The maximum atomic E-state index is 13.7. The molecule has 1 N–H and O–H groups in total. The third-order valence-corrected chi connectivity index (χ3v) is 7.01. The first kappa shape index (κ1) is 27.7. The monoisotopic (exact) mass is 577 g/mol. The molecule has 0 fully saturated rings. The van der Waals surface area contributed by atoms with Gasteiger partial charge in [-0.25, -0.2) is 14.8 Å². The Labute approximate surface area is 248 Å². The lowest BCUT2D eigenvalue weighted by Crippen LogP contribution is -2.37. The number of hydrogen-bond donors (Lipinski definition) is 1. The number of aryl methyl sites for hydroxylation is 2. The third-order valence-electron chi connectivity index (χ3n) is 7.01. The smallest absolute Gasteiger partial charge is 0.416 e. The molecule has 43 heavy (non-hydrogen) atoms. The number of anilines is 2. The fraction of sp³-hybridized carbons (Fsp3) is 0.219. The number of nitrogens with one attached hydrogen (secondary N) is 1. The summed E-state index contributed by atoms with van der Waals surface area (Å²) in [6.45, 7) is 9.20. The highest BCUT2D eigenvalue weighted by atomic mass is 16.6. The Kier molecular flexibility index (Phi) is 6.72. The lowest BCUT2D eigenvalue weighted by Gasteiger charge is -2.26. The number of amides is 2. The van der Waals surface area contributed by atoms with Crippen molar-refractivity contribution in [2.45, 2.75) is 32.9 Å². The first-order chi connectivity index (χ1) is 20.5. The van der Waals surface area contributed by atoms with Gasteiger partial charge >= 0.3 is 6.09 Å². The number of carbonyl (C=O) groups is 2. The van der Waals surface area contributed by atoms with Gasteiger partial charge in [0.1, 0.15) is 23.3 Å². The highest BCUT2D eigenvalue weighted by Crippen LogP contribution is 2.47. The molecule has 0 radical (unpaired) electrons. The zero-order chi connectivity index (χ0) is 30.5. The molecule has 11 heteroatoms. The first-order valence-electron chi connectivity index (χ1n) is 13.7. The van der Waals surface area contributed by atoms with E-state index >= 15 is 0 Å². The summed E-state index contributed by atoms with van der Waals surface area (Å²) in [6, 6.07) is 15.1. The molecule has 2 aromatic carbocycles. The summed E-state index contributed by atoms with van der Waals surface area (Å²) in [5, 5.41) is 7.84. The molecule has 0 unspecified atom stereocenters. The molecular weight excluding hydrogens is 546 g/mol. The molecule has 0 saturated carbocycles. The van der Waals surface area contributed by atoms with Gasteiger partial charge < -0.3 is 19.4 Å². The van der Waals surface area contributed by atoms with E-state index in [2.05, 4.69) is 27.0 Å². The van der Waals surface area contributed by atoms with Crippen LogP contribution >= 0.6 is 0 Å². The first-order valence-corrected chi connectivity index (χ1v) is 13.7. The van der Waals surface area contributed by atoms with Crippen LogP contribution in [0.5, 0.6) is 11.6 Å². The molecule has 4 heterocycles. The second kappa shape index (κ2) is 10.4. The number of aromatic nitrogens is 5. The number of hydrogen-bond acceptors (Lipinski definition) is 7. The summed E-state index contributed by atoms with van der Waals surface area (Å²) in [7, 11) is 3.76. The molecule has 5 aromatic rings. The summed E-state index contributed by atoms with van der Waals surface area (Å²) in [5.41, 5.74) is 4.98. The maximum absolute atomic E-state index is 13.7. The molecule has 1 aliphatic rings. The van der Waals surface area contributed by atoms with Gasteiger partial charge in [-0.1, -0.05) is 24.8 Å². The van der Waals surface area contributed by atoms with Crippen LogP contribution in [-0.4, -0.2) is 41.9 Å². The van der Waals surface area contributed by atoms with Gasteiger partial charge in [-0.3, -0.25) is 14.4 Å². The van der Waals surface area contributed by atoms with Gasteiger partial charge in [-0.15, -0.1) is 5.10 Å². The molecular formula is C32H31N7O4. The van der Waals surface area contributed by atoms with Crippen molar-refractivity contribution in [3.8, 4) is 34.0 Å². The number of nitrogens with zero attached hydrogens (tertiary/aromatic N) is 6. The van der Waals surface area contributed by atoms with Crippen molar-refractivity contribution in [2.75, 3.05) is 10.2 Å².